The van der Waals surface area contributed by atoms with Gasteiger partial charge in [-0.25, -0.2) is 0 Å². The maximum absolute atomic E-state index is 11.6. The molecule has 0 amide bonds. The lowest BCUT2D eigenvalue weighted by Gasteiger charge is -2.13. The smallest absolute Gasteiger partial charge is 0.123 e. The highest BCUT2D eigenvalue weighted by molar-refractivity contribution is 7.03. The van der Waals surface area contributed by atoms with Crippen LogP contribution in [0.3, 0.4) is 0 Å². The fourth-order valence-electron chi connectivity index (χ4n) is 1.44. The summed E-state index contributed by atoms with van der Waals surface area (Å²) in [6, 6.07) is 0. The summed E-state index contributed by atoms with van der Waals surface area (Å²) in [6.07, 6.45) is 8.51. The zero-order chi connectivity index (χ0) is 11.0. The Hall–Kier alpha value is -0.113. The second-order valence-corrected chi connectivity index (χ2v) is 10.2. The van der Waals surface area contributed by atoms with E-state index >= 15 is 0 Å². The zero-order valence-corrected chi connectivity index (χ0v) is 11.4. The van der Waals surface area contributed by atoms with Gasteiger partial charge < -0.3 is 4.79 Å². The molecular formula is C12H26OSi. The Morgan fingerprint density at radius 3 is 1.93 bits per heavy atom. The Morgan fingerprint density at radius 1 is 0.929 bits per heavy atom. The van der Waals surface area contributed by atoms with Gasteiger partial charge in [0.05, 0.1) is 0 Å². The fraction of sp³-hybridized carbons (Fsp3) is 0.917. The van der Waals surface area contributed by atoms with E-state index in [1.807, 2.05) is 0 Å². The van der Waals surface area contributed by atoms with Gasteiger partial charge in [-0.05, 0) is 6.42 Å². The van der Waals surface area contributed by atoms with Crippen LogP contribution in [0.5, 0.6) is 0 Å². The second kappa shape index (κ2) is 7.21. The third kappa shape index (κ3) is 7.31. The molecule has 0 rings (SSSR count). The van der Waals surface area contributed by atoms with Crippen molar-refractivity contribution in [1.82, 2.24) is 0 Å². The van der Waals surface area contributed by atoms with Crippen molar-refractivity contribution in [2.75, 3.05) is 0 Å². The highest BCUT2D eigenvalue weighted by Gasteiger charge is 2.22. The van der Waals surface area contributed by atoms with E-state index in [2.05, 4.69) is 26.6 Å². The minimum Gasteiger partial charge on any atom is -0.305 e. The van der Waals surface area contributed by atoms with E-state index < -0.39 is 8.07 Å². The van der Waals surface area contributed by atoms with Crippen LogP contribution in [0.2, 0.25) is 19.6 Å². The van der Waals surface area contributed by atoms with E-state index in [1.165, 1.54) is 32.1 Å². The molecule has 0 fully saturated rings. The Bertz CT molecular complexity index is 158. The van der Waals surface area contributed by atoms with Crippen LogP contribution in [-0.4, -0.2) is 13.5 Å². The Morgan fingerprint density at radius 2 is 1.43 bits per heavy atom. The molecule has 1 nitrogen and oxygen atoms in total. The topological polar surface area (TPSA) is 17.1 Å². The maximum Gasteiger partial charge on any atom is 0.123 e. The lowest BCUT2D eigenvalue weighted by molar-refractivity contribution is -0.112. The highest BCUT2D eigenvalue weighted by Crippen LogP contribution is 2.11. The quantitative estimate of drug-likeness (QED) is 0.437. The fourth-order valence-corrected chi connectivity index (χ4v) is 2.37. The van der Waals surface area contributed by atoms with Crippen molar-refractivity contribution in [3.63, 3.8) is 0 Å². The first-order valence-electron chi connectivity index (χ1n) is 6.01. The van der Waals surface area contributed by atoms with Crippen LogP contribution in [0.25, 0.3) is 0 Å². The molecule has 0 bridgehead atoms. The van der Waals surface area contributed by atoms with Crippen LogP contribution < -0.4 is 0 Å². The minimum atomic E-state index is -1.47. The molecule has 0 N–H and O–H groups in total. The second-order valence-electron chi connectivity index (χ2n) is 5.19. The van der Waals surface area contributed by atoms with E-state index in [0.29, 0.717) is 5.41 Å². The lowest BCUT2D eigenvalue weighted by atomic mass is 10.1. The van der Waals surface area contributed by atoms with Gasteiger partial charge in [0.2, 0.25) is 0 Å². The molecule has 0 aromatic rings. The average Bonchev–Trinajstić information content (AvgIpc) is 2.09. The summed E-state index contributed by atoms with van der Waals surface area (Å²) in [6.45, 7) is 8.67. The van der Waals surface area contributed by atoms with Crippen molar-refractivity contribution >= 4 is 13.5 Å². The van der Waals surface area contributed by atoms with Gasteiger partial charge >= 0.3 is 0 Å². The molecule has 0 radical (unpaired) electrons. The van der Waals surface area contributed by atoms with Gasteiger partial charge in [-0.3, -0.25) is 0 Å². The van der Waals surface area contributed by atoms with E-state index in [1.54, 1.807) is 0 Å². The predicted molar refractivity (Wildman–Crippen MR) is 66.3 cm³/mol. The van der Waals surface area contributed by atoms with Gasteiger partial charge in [-0.2, -0.15) is 0 Å². The lowest BCUT2D eigenvalue weighted by Crippen LogP contribution is -2.32. The Balaban J connectivity index is 3.33. The normalized spacial score (nSPS) is 11.7. The van der Waals surface area contributed by atoms with Crippen LogP contribution in [0.4, 0.5) is 0 Å². The standard InChI is InChI=1S/C12H26OSi/c1-5-6-7-8-9-10-11-12(13)14(2,3)4/h5-11H2,1-4H3. The van der Waals surface area contributed by atoms with Crippen LogP contribution in [0.15, 0.2) is 0 Å². The number of hydrogen-bond donors (Lipinski definition) is 0. The van der Waals surface area contributed by atoms with Gasteiger partial charge in [0.15, 0.2) is 0 Å². The molecule has 0 saturated heterocycles. The number of rotatable bonds is 8. The summed E-state index contributed by atoms with van der Waals surface area (Å²) in [4.78, 5) is 11.6. The molecule has 0 aromatic heterocycles. The summed E-state index contributed by atoms with van der Waals surface area (Å²) >= 11 is 0. The summed E-state index contributed by atoms with van der Waals surface area (Å²) in [7, 11) is -1.47. The molecule has 0 unspecified atom stereocenters. The molecule has 2 heteroatoms. The SMILES string of the molecule is CCCCCCCCC(=O)[Si](C)(C)C. The zero-order valence-electron chi connectivity index (χ0n) is 10.4. The summed E-state index contributed by atoms with van der Waals surface area (Å²) in [5, 5.41) is 0.549. The number of hydrogen-bond acceptors (Lipinski definition) is 1. The highest BCUT2D eigenvalue weighted by atomic mass is 28.3. The summed E-state index contributed by atoms with van der Waals surface area (Å²) in [5.74, 6) is 0. The van der Waals surface area contributed by atoms with Crippen molar-refractivity contribution < 1.29 is 4.79 Å². The maximum atomic E-state index is 11.6. The molecule has 0 aliphatic heterocycles. The molecule has 14 heavy (non-hydrogen) atoms. The Kier molecular flexibility index (Phi) is 7.16. The van der Waals surface area contributed by atoms with Crippen LogP contribution in [0, 0.1) is 0 Å². The van der Waals surface area contributed by atoms with Crippen molar-refractivity contribution in [3.8, 4) is 0 Å². The van der Waals surface area contributed by atoms with Gasteiger partial charge in [0, 0.05) is 6.42 Å². The first kappa shape index (κ1) is 13.9. The third-order valence-corrected chi connectivity index (χ3v) is 4.52. The van der Waals surface area contributed by atoms with Gasteiger partial charge in [0.1, 0.15) is 13.5 Å². The van der Waals surface area contributed by atoms with Crippen LogP contribution in [-0.2, 0) is 4.79 Å². The average molecular weight is 214 g/mol. The number of carbonyl (C=O) groups is 1. The monoisotopic (exact) mass is 214 g/mol. The molecule has 0 heterocycles. The minimum absolute atomic E-state index is 0.549. The predicted octanol–water partition coefficient (Wildman–Crippen LogP) is 4.18. The van der Waals surface area contributed by atoms with Crippen LogP contribution >= 0.6 is 0 Å². The molecule has 0 aliphatic rings. The number of carbonyl (C=O) groups excluding carboxylic acids is 1. The first-order valence-corrected chi connectivity index (χ1v) is 9.51. The van der Waals surface area contributed by atoms with Gasteiger partial charge in [-0.15, -0.1) is 0 Å². The summed E-state index contributed by atoms with van der Waals surface area (Å²) < 4.78 is 0. The van der Waals surface area contributed by atoms with E-state index in [-0.39, 0.29) is 0 Å². The number of unbranched alkanes of at least 4 members (excludes halogenated alkanes) is 5. The van der Waals surface area contributed by atoms with Crippen LogP contribution in [0.1, 0.15) is 51.9 Å². The molecule has 84 valence electrons. The van der Waals surface area contributed by atoms with E-state index in [9.17, 15) is 4.79 Å². The molecular weight excluding hydrogens is 188 g/mol. The molecule has 0 aliphatic carbocycles. The van der Waals surface area contributed by atoms with Crippen molar-refractivity contribution in [2.45, 2.75) is 71.5 Å². The van der Waals surface area contributed by atoms with Gasteiger partial charge in [0.25, 0.3) is 0 Å². The summed E-state index contributed by atoms with van der Waals surface area (Å²) in [5.41, 5.74) is 0. The van der Waals surface area contributed by atoms with E-state index in [4.69, 9.17) is 0 Å². The van der Waals surface area contributed by atoms with Crippen molar-refractivity contribution in [3.05, 3.63) is 0 Å². The molecule has 0 atom stereocenters. The Labute approximate surface area is 90.3 Å². The first-order chi connectivity index (χ1) is 6.48. The van der Waals surface area contributed by atoms with Crippen molar-refractivity contribution in [1.29, 1.82) is 0 Å². The van der Waals surface area contributed by atoms with E-state index in [0.717, 1.165) is 12.8 Å². The van der Waals surface area contributed by atoms with Crippen molar-refractivity contribution in [2.24, 2.45) is 0 Å². The molecule has 0 saturated carbocycles. The largest absolute Gasteiger partial charge is 0.305 e. The molecule has 0 spiro atoms. The van der Waals surface area contributed by atoms with Gasteiger partial charge in [-0.1, -0.05) is 58.7 Å². The molecule has 0 aromatic carbocycles. The third-order valence-electron chi connectivity index (χ3n) is 2.59.